The van der Waals surface area contributed by atoms with Crippen molar-refractivity contribution in [1.82, 2.24) is 9.80 Å². The van der Waals surface area contributed by atoms with Crippen molar-refractivity contribution in [3.05, 3.63) is 28.8 Å². The zero-order chi connectivity index (χ0) is 22.2. The zero-order valence-electron chi connectivity index (χ0n) is 18.3. The van der Waals surface area contributed by atoms with E-state index in [0.717, 1.165) is 31.0 Å². The van der Waals surface area contributed by atoms with Gasteiger partial charge in [0.2, 0.25) is 5.91 Å². The highest BCUT2D eigenvalue weighted by molar-refractivity contribution is 6.32. The summed E-state index contributed by atoms with van der Waals surface area (Å²) in [5.41, 5.74) is 1.41. The fraction of sp³-hybridized carbons (Fsp3) is 0.625. The Balaban J connectivity index is 1.28. The standard InChI is InChI=1S/C24H30ClN5O2/c25-21-11-19(6-5-17(21)13-26)30-22(16-3-1-2-4-16)12-23(27-30)29-14-18(15-29)24(32)28-9-7-20(31)8-10-28/h5-6,11,16,18,20,22,31H,1-4,7-10,12,14-15H2. The Morgan fingerprint density at radius 1 is 1.16 bits per heavy atom. The molecule has 1 unspecified atom stereocenters. The molecule has 1 atom stereocenters. The third kappa shape index (κ3) is 4.06. The summed E-state index contributed by atoms with van der Waals surface area (Å²) in [5.74, 6) is 1.90. The van der Waals surface area contributed by atoms with Crippen LogP contribution in [0.4, 0.5) is 5.69 Å². The number of halogens is 1. The summed E-state index contributed by atoms with van der Waals surface area (Å²) in [7, 11) is 0. The maximum absolute atomic E-state index is 12.8. The summed E-state index contributed by atoms with van der Waals surface area (Å²) in [6, 6.07) is 7.98. The molecule has 3 heterocycles. The molecule has 8 heteroatoms. The lowest BCUT2D eigenvalue weighted by molar-refractivity contribution is -0.141. The van der Waals surface area contributed by atoms with E-state index in [4.69, 9.17) is 16.7 Å². The number of amides is 1. The maximum Gasteiger partial charge on any atom is 0.229 e. The predicted octanol–water partition coefficient (Wildman–Crippen LogP) is 3.21. The monoisotopic (exact) mass is 455 g/mol. The molecule has 0 aromatic heterocycles. The van der Waals surface area contributed by atoms with Crippen molar-refractivity contribution < 1.29 is 9.90 Å². The number of hydrogen-bond acceptors (Lipinski definition) is 6. The number of aliphatic hydroxyl groups excluding tert-OH is 1. The third-order valence-electron chi connectivity index (χ3n) is 7.58. The second-order valence-electron chi connectivity index (χ2n) is 9.61. The van der Waals surface area contributed by atoms with Gasteiger partial charge in [0.15, 0.2) is 0 Å². The van der Waals surface area contributed by atoms with Crippen LogP contribution in [0.2, 0.25) is 5.02 Å². The van der Waals surface area contributed by atoms with E-state index in [-0.39, 0.29) is 17.9 Å². The van der Waals surface area contributed by atoms with Crippen LogP contribution >= 0.6 is 11.6 Å². The molecule has 1 aromatic rings. The molecule has 1 N–H and O–H groups in total. The number of nitrogens with zero attached hydrogens (tertiary/aromatic N) is 5. The van der Waals surface area contributed by atoms with Gasteiger partial charge in [-0.15, -0.1) is 0 Å². The molecule has 0 radical (unpaired) electrons. The molecule has 0 bridgehead atoms. The van der Waals surface area contributed by atoms with Gasteiger partial charge in [-0.3, -0.25) is 9.80 Å². The smallest absolute Gasteiger partial charge is 0.229 e. The van der Waals surface area contributed by atoms with Gasteiger partial charge in [0.25, 0.3) is 0 Å². The molecule has 1 saturated carbocycles. The lowest BCUT2D eigenvalue weighted by atomic mass is 9.92. The number of nitriles is 1. The van der Waals surface area contributed by atoms with E-state index in [2.05, 4.69) is 16.0 Å². The molecule has 1 amide bonds. The molecule has 3 fully saturated rings. The first-order chi connectivity index (χ1) is 15.5. The molecular formula is C24H30ClN5O2. The number of aliphatic hydroxyl groups is 1. The Kier molecular flexibility index (Phi) is 6.00. The Hall–Kier alpha value is -2.30. The summed E-state index contributed by atoms with van der Waals surface area (Å²) < 4.78 is 0. The highest BCUT2D eigenvalue weighted by Crippen LogP contribution is 2.39. The molecular weight excluding hydrogens is 426 g/mol. The SMILES string of the molecule is N#Cc1ccc(N2N=C(N3CC(C(=O)N4CCC(O)CC4)C3)CC2C2CCCC2)cc1Cl. The van der Waals surface area contributed by atoms with E-state index in [9.17, 15) is 15.2 Å². The van der Waals surface area contributed by atoms with Crippen molar-refractivity contribution in [3.8, 4) is 6.07 Å². The van der Waals surface area contributed by atoms with Gasteiger partial charge in [0.05, 0.1) is 34.3 Å². The van der Waals surface area contributed by atoms with E-state index in [1.54, 1.807) is 6.07 Å². The topological polar surface area (TPSA) is 83.2 Å². The molecule has 5 rings (SSSR count). The average molecular weight is 456 g/mol. The molecule has 1 aromatic carbocycles. The van der Waals surface area contributed by atoms with Crippen LogP contribution in [-0.2, 0) is 4.79 Å². The minimum Gasteiger partial charge on any atom is -0.393 e. The number of amidine groups is 1. The second-order valence-corrected chi connectivity index (χ2v) is 10.0. The van der Waals surface area contributed by atoms with Crippen molar-refractivity contribution in [2.75, 3.05) is 31.2 Å². The zero-order valence-corrected chi connectivity index (χ0v) is 19.0. The number of carbonyl (C=O) groups is 1. The Labute approximate surface area is 194 Å². The van der Waals surface area contributed by atoms with E-state index < -0.39 is 0 Å². The van der Waals surface area contributed by atoms with Gasteiger partial charge < -0.3 is 14.9 Å². The quantitative estimate of drug-likeness (QED) is 0.756. The van der Waals surface area contributed by atoms with Gasteiger partial charge in [-0.05, 0) is 49.8 Å². The van der Waals surface area contributed by atoms with Gasteiger partial charge in [0, 0.05) is 32.6 Å². The van der Waals surface area contributed by atoms with Gasteiger partial charge in [0.1, 0.15) is 11.9 Å². The summed E-state index contributed by atoms with van der Waals surface area (Å²) in [5, 5.41) is 26.5. The molecule has 1 aliphatic carbocycles. The number of benzene rings is 1. The lowest BCUT2D eigenvalue weighted by Crippen LogP contribution is -2.57. The highest BCUT2D eigenvalue weighted by atomic mass is 35.5. The van der Waals surface area contributed by atoms with Crippen LogP contribution in [0.5, 0.6) is 0 Å². The predicted molar refractivity (Wildman–Crippen MR) is 123 cm³/mol. The van der Waals surface area contributed by atoms with Crippen LogP contribution in [0, 0.1) is 23.2 Å². The highest BCUT2D eigenvalue weighted by Gasteiger charge is 2.43. The molecule has 4 aliphatic rings. The van der Waals surface area contributed by atoms with E-state index >= 15 is 0 Å². The molecule has 3 aliphatic heterocycles. The summed E-state index contributed by atoms with van der Waals surface area (Å²) in [6.07, 6.45) is 6.96. The van der Waals surface area contributed by atoms with Crippen LogP contribution in [0.15, 0.2) is 23.3 Å². The largest absolute Gasteiger partial charge is 0.393 e. The first kappa shape index (κ1) is 21.5. The minimum absolute atomic E-state index is 0.0243. The van der Waals surface area contributed by atoms with Crippen LogP contribution in [0.25, 0.3) is 0 Å². The Morgan fingerprint density at radius 2 is 1.88 bits per heavy atom. The fourth-order valence-corrected chi connectivity index (χ4v) is 5.81. The van der Waals surface area contributed by atoms with Crippen molar-refractivity contribution in [2.24, 2.45) is 16.9 Å². The average Bonchev–Trinajstić information content (AvgIpc) is 3.43. The summed E-state index contributed by atoms with van der Waals surface area (Å²) >= 11 is 6.32. The summed E-state index contributed by atoms with van der Waals surface area (Å²) in [4.78, 5) is 17.0. The minimum atomic E-state index is -0.265. The Morgan fingerprint density at radius 3 is 2.53 bits per heavy atom. The fourth-order valence-electron chi connectivity index (χ4n) is 5.59. The number of likely N-dealkylation sites (tertiary alicyclic amines) is 2. The van der Waals surface area contributed by atoms with E-state index in [1.165, 1.54) is 25.7 Å². The van der Waals surface area contributed by atoms with Gasteiger partial charge in [-0.25, -0.2) is 0 Å². The van der Waals surface area contributed by atoms with Crippen LogP contribution < -0.4 is 5.01 Å². The molecule has 0 spiro atoms. The third-order valence-corrected chi connectivity index (χ3v) is 7.90. The van der Waals surface area contributed by atoms with Crippen molar-refractivity contribution in [1.29, 1.82) is 5.26 Å². The van der Waals surface area contributed by atoms with Crippen LogP contribution in [0.3, 0.4) is 0 Å². The first-order valence-corrected chi connectivity index (χ1v) is 12.2. The second kappa shape index (κ2) is 8.92. The first-order valence-electron chi connectivity index (χ1n) is 11.8. The molecule has 2 saturated heterocycles. The van der Waals surface area contributed by atoms with E-state index in [1.807, 2.05) is 17.0 Å². The number of carbonyl (C=O) groups excluding carboxylic acids is 1. The van der Waals surface area contributed by atoms with Gasteiger partial charge in [-0.1, -0.05) is 24.4 Å². The van der Waals surface area contributed by atoms with Gasteiger partial charge in [-0.2, -0.15) is 10.4 Å². The maximum atomic E-state index is 12.8. The van der Waals surface area contributed by atoms with Crippen molar-refractivity contribution in [3.63, 3.8) is 0 Å². The molecule has 170 valence electrons. The van der Waals surface area contributed by atoms with Gasteiger partial charge >= 0.3 is 0 Å². The van der Waals surface area contributed by atoms with Crippen LogP contribution in [-0.4, -0.2) is 65.0 Å². The summed E-state index contributed by atoms with van der Waals surface area (Å²) in [6.45, 7) is 2.76. The van der Waals surface area contributed by atoms with Crippen molar-refractivity contribution in [2.45, 2.75) is 57.1 Å². The van der Waals surface area contributed by atoms with E-state index in [0.29, 0.717) is 48.5 Å². The number of hydrogen-bond donors (Lipinski definition) is 1. The number of piperidine rings is 1. The van der Waals surface area contributed by atoms with Crippen LogP contribution in [0.1, 0.15) is 50.5 Å². The molecule has 32 heavy (non-hydrogen) atoms. The number of anilines is 1. The number of hydrazone groups is 1. The normalized spacial score (nSPS) is 25.1. The number of rotatable bonds is 3. The lowest BCUT2D eigenvalue weighted by Gasteiger charge is -2.42. The molecule has 7 nitrogen and oxygen atoms in total. The van der Waals surface area contributed by atoms with Crippen molar-refractivity contribution >= 4 is 29.0 Å². The Bertz CT molecular complexity index is 940.